The number of unbranched alkanes of at least 4 members (excludes halogenated alkanes) is 1. The van der Waals surface area contributed by atoms with Gasteiger partial charge in [-0.3, -0.25) is 4.79 Å². The van der Waals surface area contributed by atoms with Crippen LogP contribution in [0.5, 0.6) is 0 Å². The van der Waals surface area contributed by atoms with E-state index >= 15 is 0 Å². The van der Waals surface area contributed by atoms with Gasteiger partial charge in [0.25, 0.3) is 0 Å². The third-order valence-electron chi connectivity index (χ3n) is 5.38. The summed E-state index contributed by atoms with van der Waals surface area (Å²) in [6, 6.07) is 9.99. The normalized spacial score (nSPS) is 26.2. The number of rotatable bonds is 11. The molecule has 0 aliphatic heterocycles. The summed E-state index contributed by atoms with van der Waals surface area (Å²) in [6.45, 7) is 0. The molecule has 1 saturated carbocycles. The zero-order valence-corrected chi connectivity index (χ0v) is 16.2. The second-order valence-electron chi connectivity index (χ2n) is 7.58. The topological polar surface area (TPSA) is 98.0 Å². The number of hydrogen-bond acceptors (Lipinski definition) is 4. The zero-order valence-electron chi connectivity index (χ0n) is 16.2. The van der Waals surface area contributed by atoms with Gasteiger partial charge in [0.15, 0.2) is 0 Å². The number of aryl methyl sites for hydroxylation is 1. The Bertz CT molecular complexity index is 640. The van der Waals surface area contributed by atoms with Gasteiger partial charge in [-0.05, 0) is 43.6 Å². The Hall–Kier alpha value is -1.95. The van der Waals surface area contributed by atoms with Gasteiger partial charge in [0.2, 0.25) is 0 Å². The lowest BCUT2D eigenvalue weighted by Gasteiger charge is -2.19. The standard InChI is InChI=1S/C23H32O5/c24-18(13-12-17-8-4-3-5-9-17)14-15-20-19(21(25)16-22(20)26)10-6-1-2-7-11-23(27)28/h1,3-6,8-9,14-15,18-22,24-26H,2,7,10-13,16H2,(H,27,28)/b6-1-,15-14+/t18-,19+,20+,21-,22+/m0/s1. The van der Waals surface area contributed by atoms with E-state index in [9.17, 15) is 20.1 Å². The Morgan fingerprint density at radius 2 is 1.89 bits per heavy atom. The number of carboxylic acids is 1. The molecule has 5 nitrogen and oxygen atoms in total. The van der Waals surface area contributed by atoms with Crippen molar-refractivity contribution in [1.29, 1.82) is 0 Å². The van der Waals surface area contributed by atoms with E-state index in [1.807, 2.05) is 48.6 Å². The highest BCUT2D eigenvalue weighted by Crippen LogP contribution is 2.36. The number of aliphatic carboxylic acids is 1. The summed E-state index contributed by atoms with van der Waals surface area (Å²) in [6.07, 6.45) is 9.51. The summed E-state index contributed by atoms with van der Waals surface area (Å²) in [5, 5.41) is 39.4. The summed E-state index contributed by atoms with van der Waals surface area (Å²) in [7, 11) is 0. The van der Waals surface area contributed by atoms with Crippen molar-refractivity contribution >= 4 is 5.97 Å². The molecule has 0 aromatic heterocycles. The molecule has 5 atom stereocenters. The predicted octanol–water partition coefficient (Wildman–Crippen LogP) is 3.10. The van der Waals surface area contributed by atoms with E-state index < -0.39 is 24.3 Å². The van der Waals surface area contributed by atoms with Crippen molar-refractivity contribution in [1.82, 2.24) is 0 Å². The van der Waals surface area contributed by atoms with Crippen molar-refractivity contribution in [3.05, 3.63) is 60.2 Å². The molecule has 28 heavy (non-hydrogen) atoms. The Labute approximate surface area is 167 Å². The minimum atomic E-state index is -0.793. The molecule has 5 heteroatoms. The largest absolute Gasteiger partial charge is 0.481 e. The summed E-state index contributed by atoms with van der Waals surface area (Å²) < 4.78 is 0. The highest BCUT2D eigenvalue weighted by Gasteiger charge is 2.39. The summed E-state index contributed by atoms with van der Waals surface area (Å²) >= 11 is 0. The van der Waals surface area contributed by atoms with E-state index in [0.29, 0.717) is 32.1 Å². The number of allylic oxidation sites excluding steroid dienone is 2. The van der Waals surface area contributed by atoms with Gasteiger partial charge < -0.3 is 20.4 Å². The lowest BCUT2D eigenvalue weighted by atomic mass is 9.89. The van der Waals surface area contributed by atoms with Crippen molar-refractivity contribution in [3.63, 3.8) is 0 Å². The van der Waals surface area contributed by atoms with Gasteiger partial charge in [0.05, 0.1) is 18.3 Å². The molecule has 1 aromatic rings. The molecule has 4 N–H and O–H groups in total. The van der Waals surface area contributed by atoms with Crippen molar-refractivity contribution in [3.8, 4) is 0 Å². The summed E-state index contributed by atoms with van der Waals surface area (Å²) in [4.78, 5) is 10.5. The van der Waals surface area contributed by atoms with Crippen molar-refractivity contribution in [2.45, 2.75) is 63.3 Å². The van der Waals surface area contributed by atoms with Crippen molar-refractivity contribution in [2.75, 3.05) is 0 Å². The molecule has 0 radical (unpaired) electrons. The van der Waals surface area contributed by atoms with Crippen LogP contribution in [0, 0.1) is 11.8 Å². The first-order valence-corrected chi connectivity index (χ1v) is 10.1. The molecule has 1 aromatic carbocycles. The highest BCUT2D eigenvalue weighted by atomic mass is 16.4. The van der Waals surface area contributed by atoms with Gasteiger partial charge in [-0.1, -0.05) is 54.6 Å². The molecule has 0 spiro atoms. The number of hydrogen-bond donors (Lipinski definition) is 4. The van der Waals surface area contributed by atoms with Crippen LogP contribution in [0.3, 0.4) is 0 Å². The van der Waals surface area contributed by atoms with Crippen LogP contribution in [-0.4, -0.2) is 44.7 Å². The van der Waals surface area contributed by atoms with Crippen LogP contribution in [0.2, 0.25) is 0 Å². The minimum absolute atomic E-state index is 0.0942. The summed E-state index contributed by atoms with van der Waals surface area (Å²) in [5.41, 5.74) is 1.18. The van der Waals surface area contributed by atoms with Crippen LogP contribution >= 0.6 is 0 Å². The molecular weight excluding hydrogens is 356 g/mol. The monoisotopic (exact) mass is 388 g/mol. The predicted molar refractivity (Wildman–Crippen MR) is 109 cm³/mol. The quantitative estimate of drug-likeness (QED) is 0.345. The van der Waals surface area contributed by atoms with E-state index in [-0.39, 0.29) is 18.3 Å². The third kappa shape index (κ3) is 7.58. The maximum atomic E-state index is 10.5. The maximum Gasteiger partial charge on any atom is 0.303 e. The Morgan fingerprint density at radius 1 is 1.14 bits per heavy atom. The molecule has 0 unspecified atom stereocenters. The van der Waals surface area contributed by atoms with Gasteiger partial charge in [0.1, 0.15) is 0 Å². The van der Waals surface area contributed by atoms with Gasteiger partial charge in [0, 0.05) is 18.8 Å². The van der Waals surface area contributed by atoms with Crippen LogP contribution in [0.25, 0.3) is 0 Å². The van der Waals surface area contributed by atoms with Gasteiger partial charge in [-0.25, -0.2) is 0 Å². The third-order valence-corrected chi connectivity index (χ3v) is 5.38. The average Bonchev–Trinajstić information content (AvgIpc) is 2.94. The Balaban J connectivity index is 1.82. The van der Waals surface area contributed by atoms with Crippen LogP contribution in [0.15, 0.2) is 54.6 Å². The molecule has 0 heterocycles. The van der Waals surface area contributed by atoms with Crippen LogP contribution in [0.4, 0.5) is 0 Å². The molecule has 154 valence electrons. The fraction of sp³-hybridized carbons (Fsp3) is 0.522. The first kappa shape index (κ1) is 22.3. The number of carbonyl (C=O) groups is 1. The molecule has 0 saturated heterocycles. The molecule has 0 amide bonds. The maximum absolute atomic E-state index is 10.5. The van der Waals surface area contributed by atoms with Crippen LogP contribution in [0.1, 0.15) is 44.1 Å². The first-order valence-electron chi connectivity index (χ1n) is 10.1. The fourth-order valence-electron chi connectivity index (χ4n) is 3.76. The number of carboxylic acid groups (broad SMARTS) is 1. The lowest BCUT2D eigenvalue weighted by Crippen LogP contribution is -2.20. The van der Waals surface area contributed by atoms with E-state index in [1.54, 1.807) is 6.08 Å². The zero-order chi connectivity index (χ0) is 20.4. The van der Waals surface area contributed by atoms with E-state index in [4.69, 9.17) is 5.11 Å². The van der Waals surface area contributed by atoms with E-state index in [1.165, 1.54) is 5.56 Å². The second-order valence-corrected chi connectivity index (χ2v) is 7.58. The number of aliphatic hydroxyl groups is 3. The minimum Gasteiger partial charge on any atom is -0.481 e. The number of aliphatic hydroxyl groups excluding tert-OH is 3. The molecule has 2 rings (SSSR count). The van der Waals surface area contributed by atoms with E-state index in [0.717, 1.165) is 6.42 Å². The van der Waals surface area contributed by atoms with Gasteiger partial charge in [-0.15, -0.1) is 0 Å². The second kappa shape index (κ2) is 11.8. The van der Waals surface area contributed by atoms with Crippen molar-refractivity contribution < 1.29 is 25.2 Å². The molecule has 1 fully saturated rings. The first-order chi connectivity index (χ1) is 13.5. The van der Waals surface area contributed by atoms with Gasteiger partial charge >= 0.3 is 5.97 Å². The van der Waals surface area contributed by atoms with E-state index in [2.05, 4.69) is 0 Å². The molecule has 0 bridgehead atoms. The summed E-state index contributed by atoms with van der Waals surface area (Å²) in [5.74, 6) is -1.08. The Morgan fingerprint density at radius 3 is 2.61 bits per heavy atom. The Kier molecular flexibility index (Phi) is 9.41. The van der Waals surface area contributed by atoms with Gasteiger partial charge in [-0.2, -0.15) is 0 Å². The lowest BCUT2D eigenvalue weighted by molar-refractivity contribution is -0.137. The molecule has 1 aliphatic carbocycles. The van der Waals surface area contributed by atoms with Crippen molar-refractivity contribution in [2.24, 2.45) is 11.8 Å². The molecule has 1 aliphatic rings. The SMILES string of the molecule is O=C(O)CCC/C=C\C[C@@H]1[C@@H](/C=C/[C@@H](O)CCc2ccccc2)[C@H](O)C[C@@H]1O. The average molecular weight is 389 g/mol. The highest BCUT2D eigenvalue weighted by molar-refractivity contribution is 5.66. The van der Waals surface area contributed by atoms with Crippen LogP contribution < -0.4 is 0 Å². The van der Waals surface area contributed by atoms with Crippen LogP contribution in [-0.2, 0) is 11.2 Å². The smallest absolute Gasteiger partial charge is 0.303 e. The number of benzene rings is 1. The molecular formula is C23H32O5. The fourth-order valence-corrected chi connectivity index (χ4v) is 3.76.